The van der Waals surface area contributed by atoms with Crippen molar-refractivity contribution in [2.45, 2.75) is 25.2 Å². The molecule has 2 aromatic rings. The number of nitrogens with zero attached hydrogens (tertiary/aromatic N) is 3. The van der Waals surface area contributed by atoms with Gasteiger partial charge in [-0.05, 0) is 31.2 Å². The highest BCUT2D eigenvalue weighted by atomic mass is 16.7. The number of imide groups is 1. The first-order chi connectivity index (χ1) is 15.9. The topological polar surface area (TPSA) is 128 Å². The number of ketones is 1. The van der Waals surface area contributed by atoms with Crippen LogP contribution in [0, 0.1) is 27.9 Å². The van der Waals surface area contributed by atoms with Crippen molar-refractivity contribution in [3.63, 3.8) is 0 Å². The Balaban J connectivity index is 1.32. The van der Waals surface area contributed by atoms with Gasteiger partial charge in [0.15, 0.2) is 11.9 Å². The van der Waals surface area contributed by atoms with E-state index in [-0.39, 0.29) is 23.3 Å². The van der Waals surface area contributed by atoms with Gasteiger partial charge in [-0.1, -0.05) is 17.3 Å². The molecule has 0 saturated carbocycles. The van der Waals surface area contributed by atoms with E-state index < -0.39 is 41.0 Å². The zero-order valence-corrected chi connectivity index (χ0v) is 17.3. The first-order valence-corrected chi connectivity index (χ1v) is 10.5. The first-order valence-electron chi connectivity index (χ1n) is 10.5. The first kappa shape index (κ1) is 19.7. The van der Waals surface area contributed by atoms with E-state index in [0.29, 0.717) is 22.5 Å². The number of Topliss-reactive ketones (excluding diaryl/α,β-unsaturated/α-hetero) is 1. The van der Waals surface area contributed by atoms with Crippen LogP contribution in [0.25, 0.3) is 0 Å². The van der Waals surface area contributed by atoms with E-state index in [1.807, 2.05) is 0 Å². The van der Waals surface area contributed by atoms with Crippen LogP contribution in [-0.4, -0.2) is 46.5 Å². The molecule has 10 heteroatoms. The van der Waals surface area contributed by atoms with Gasteiger partial charge in [-0.25, -0.2) is 4.90 Å². The standard InChI is InChI=1S/C23H17N3O7/c1-10(27)11-5-7-13(8-6-11)25-22(28)15-16(23(25)29)20-21-17(19(15)32-20)18(24-33-21)12-3-2-4-14(9-12)26(30)31/h2-9,15-17,19-21H,1H3/t15-,16+,17+,19-,20-,21-/m1/s1. The Hall–Kier alpha value is -3.92. The predicted octanol–water partition coefficient (Wildman–Crippen LogP) is 2.10. The fourth-order valence-corrected chi connectivity index (χ4v) is 5.47. The van der Waals surface area contributed by atoms with Gasteiger partial charge in [0.2, 0.25) is 11.8 Å². The minimum absolute atomic E-state index is 0.0760. The maximum absolute atomic E-state index is 13.4. The summed E-state index contributed by atoms with van der Waals surface area (Å²) in [5.74, 6) is -2.62. The van der Waals surface area contributed by atoms with Crippen LogP contribution in [0.1, 0.15) is 22.8 Å². The molecule has 166 valence electrons. The van der Waals surface area contributed by atoms with E-state index in [0.717, 1.165) is 4.90 Å². The molecule has 2 aromatic carbocycles. The van der Waals surface area contributed by atoms with Crippen molar-refractivity contribution >= 4 is 34.7 Å². The number of nitro groups is 1. The number of rotatable bonds is 4. The molecule has 0 radical (unpaired) electrons. The highest BCUT2D eigenvalue weighted by Crippen LogP contribution is 2.55. The third-order valence-electron chi connectivity index (χ3n) is 6.93. The zero-order valence-electron chi connectivity index (χ0n) is 17.3. The minimum atomic E-state index is -0.693. The number of ether oxygens (including phenoxy) is 1. The summed E-state index contributed by atoms with van der Waals surface area (Å²) in [4.78, 5) is 55.7. The van der Waals surface area contributed by atoms with Crippen molar-refractivity contribution in [2.24, 2.45) is 22.9 Å². The molecule has 4 aliphatic rings. The number of fused-ring (bicyclic) bond motifs is 8. The van der Waals surface area contributed by atoms with Crippen LogP contribution in [-0.2, 0) is 19.2 Å². The van der Waals surface area contributed by atoms with E-state index in [1.165, 1.54) is 19.1 Å². The molecule has 0 aliphatic carbocycles. The average Bonchev–Trinajstić information content (AvgIpc) is 3.54. The number of benzene rings is 2. The maximum atomic E-state index is 13.4. The fourth-order valence-electron chi connectivity index (χ4n) is 5.47. The minimum Gasteiger partial charge on any atom is -0.389 e. The van der Waals surface area contributed by atoms with Gasteiger partial charge in [0.05, 0.1) is 40.2 Å². The lowest BCUT2D eigenvalue weighted by molar-refractivity contribution is -0.384. The Bertz CT molecular complexity index is 1270. The second kappa shape index (κ2) is 6.79. The van der Waals surface area contributed by atoms with E-state index >= 15 is 0 Å². The number of anilines is 1. The summed E-state index contributed by atoms with van der Waals surface area (Å²) >= 11 is 0. The average molecular weight is 447 g/mol. The third-order valence-corrected chi connectivity index (χ3v) is 6.93. The van der Waals surface area contributed by atoms with Crippen LogP contribution < -0.4 is 4.90 Å². The number of non-ortho nitro benzene ring substituents is 1. The fraction of sp³-hybridized carbons (Fsp3) is 0.304. The quantitative estimate of drug-likeness (QED) is 0.304. The molecule has 3 saturated heterocycles. The summed E-state index contributed by atoms with van der Waals surface area (Å²) < 4.78 is 6.06. The Labute approximate surface area is 186 Å². The summed E-state index contributed by atoms with van der Waals surface area (Å²) in [6.45, 7) is 1.44. The molecular formula is C23H17N3O7. The van der Waals surface area contributed by atoms with Gasteiger partial charge in [0.1, 0.15) is 6.10 Å². The van der Waals surface area contributed by atoms with E-state index in [9.17, 15) is 24.5 Å². The van der Waals surface area contributed by atoms with Crippen LogP contribution in [0.15, 0.2) is 53.7 Å². The SMILES string of the molecule is CC(=O)c1ccc(N2C(=O)[C@@H]3[C@H]4O[C@@H]([C@@H]5C(c6cccc([N+](=O)[O-])c6)=NO[C@@H]45)[C@@H]3C2=O)cc1. The molecule has 0 spiro atoms. The van der Waals surface area contributed by atoms with Crippen molar-refractivity contribution < 1.29 is 28.9 Å². The molecule has 2 bridgehead atoms. The van der Waals surface area contributed by atoms with Crippen molar-refractivity contribution in [3.05, 3.63) is 69.8 Å². The van der Waals surface area contributed by atoms with E-state index in [1.54, 1.807) is 36.4 Å². The smallest absolute Gasteiger partial charge is 0.270 e. The Morgan fingerprint density at radius 1 is 1.00 bits per heavy atom. The number of amides is 2. The van der Waals surface area contributed by atoms with Gasteiger partial charge in [0, 0.05) is 23.3 Å². The zero-order chi connectivity index (χ0) is 23.0. The molecule has 4 aliphatic heterocycles. The molecule has 4 heterocycles. The highest BCUT2D eigenvalue weighted by Gasteiger charge is 2.72. The van der Waals surface area contributed by atoms with Gasteiger partial charge in [-0.3, -0.25) is 24.5 Å². The van der Waals surface area contributed by atoms with Gasteiger partial charge in [0.25, 0.3) is 5.69 Å². The molecule has 2 amide bonds. The van der Waals surface area contributed by atoms with Crippen molar-refractivity contribution in [3.8, 4) is 0 Å². The molecular weight excluding hydrogens is 430 g/mol. The highest BCUT2D eigenvalue weighted by molar-refractivity contribution is 6.23. The molecule has 6 rings (SSSR count). The van der Waals surface area contributed by atoms with Crippen LogP contribution in [0.2, 0.25) is 0 Å². The van der Waals surface area contributed by atoms with Crippen molar-refractivity contribution in [1.82, 2.24) is 0 Å². The molecule has 6 atom stereocenters. The molecule has 0 unspecified atom stereocenters. The Kier molecular flexibility index (Phi) is 4.06. The largest absolute Gasteiger partial charge is 0.389 e. The molecule has 10 nitrogen and oxygen atoms in total. The van der Waals surface area contributed by atoms with Crippen LogP contribution in [0.5, 0.6) is 0 Å². The van der Waals surface area contributed by atoms with Crippen LogP contribution in [0.3, 0.4) is 0 Å². The van der Waals surface area contributed by atoms with E-state index in [4.69, 9.17) is 9.57 Å². The number of nitro benzene ring substituents is 1. The number of hydrogen-bond acceptors (Lipinski definition) is 8. The van der Waals surface area contributed by atoms with E-state index in [2.05, 4.69) is 5.16 Å². The normalized spacial score (nSPS) is 31.3. The molecule has 0 N–H and O–H groups in total. The van der Waals surface area contributed by atoms with Crippen LogP contribution >= 0.6 is 0 Å². The second-order valence-corrected chi connectivity index (χ2v) is 8.61. The van der Waals surface area contributed by atoms with Gasteiger partial charge in [-0.2, -0.15) is 0 Å². The summed E-state index contributed by atoms with van der Waals surface area (Å²) in [6.07, 6.45) is -1.80. The van der Waals surface area contributed by atoms with Crippen LogP contribution in [0.4, 0.5) is 11.4 Å². The third kappa shape index (κ3) is 2.64. The van der Waals surface area contributed by atoms with Crippen molar-refractivity contribution in [2.75, 3.05) is 4.90 Å². The lowest BCUT2D eigenvalue weighted by Gasteiger charge is -2.26. The summed E-state index contributed by atoms with van der Waals surface area (Å²) in [6, 6.07) is 12.4. The van der Waals surface area contributed by atoms with Gasteiger partial charge in [-0.15, -0.1) is 0 Å². The Morgan fingerprint density at radius 2 is 1.70 bits per heavy atom. The predicted molar refractivity (Wildman–Crippen MR) is 113 cm³/mol. The monoisotopic (exact) mass is 447 g/mol. The second-order valence-electron chi connectivity index (χ2n) is 8.61. The van der Waals surface area contributed by atoms with Crippen molar-refractivity contribution in [1.29, 1.82) is 0 Å². The summed E-state index contributed by atoms with van der Waals surface area (Å²) in [5, 5.41) is 15.3. The Morgan fingerprint density at radius 3 is 2.36 bits per heavy atom. The summed E-state index contributed by atoms with van der Waals surface area (Å²) in [5.41, 5.74) is 1.83. The van der Waals surface area contributed by atoms with Gasteiger partial charge >= 0.3 is 0 Å². The number of oxime groups is 1. The lowest BCUT2D eigenvalue weighted by atomic mass is 9.71. The number of carbonyl (C=O) groups excluding carboxylic acids is 3. The molecule has 3 fully saturated rings. The van der Waals surface area contributed by atoms with Gasteiger partial charge < -0.3 is 9.57 Å². The number of carbonyl (C=O) groups is 3. The molecule has 33 heavy (non-hydrogen) atoms. The molecule has 0 aromatic heterocycles. The maximum Gasteiger partial charge on any atom is 0.270 e. The lowest BCUT2D eigenvalue weighted by Crippen LogP contribution is -2.45. The summed E-state index contributed by atoms with van der Waals surface area (Å²) in [7, 11) is 0. The number of hydrogen-bond donors (Lipinski definition) is 0.